The molecule has 1 aromatic heterocycles. The fourth-order valence-electron chi connectivity index (χ4n) is 9.81. The van der Waals surface area contributed by atoms with Crippen LogP contribution >= 0.6 is 0 Å². The molecular formula is C38H44F5NO4. The Morgan fingerprint density at radius 3 is 2.08 bits per heavy atom. The Labute approximate surface area is 278 Å². The molecule has 1 aliphatic heterocycles. The number of allylic oxidation sites excluding steroid dienone is 1. The van der Waals surface area contributed by atoms with Crippen LogP contribution < -0.4 is 0 Å². The molecule has 1 aromatic carbocycles. The minimum absolute atomic E-state index is 0.0508. The molecule has 2 N–H and O–H groups in total. The Morgan fingerprint density at radius 1 is 0.833 bits per heavy atom. The summed E-state index contributed by atoms with van der Waals surface area (Å²) in [6.07, 6.45) is 2.65. The first kappa shape index (κ1) is 33.8. The van der Waals surface area contributed by atoms with Crippen molar-refractivity contribution in [3.05, 3.63) is 76.6 Å². The maximum atomic E-state index is 15.4. The number of rotatable bonds is 4. The van der Waals surface area contributed by atoms with E-state index in [4.69, 9.17) is 9.47 Å². The van der Waals surface area contributed by atoms with E-state index >= 15 is 8.78 Å². The summed E-state index contributed by atoms with van der Waals surface area (Å²) in [6.45, 7) is 6.55. The minimum atomic E-state index is -5.89. The first-order valence-electron chi connectivity index (χ1n) is 17.0. The quantitative estimate of drug-likeness (QED) is 0.252. The third kappa shape index (κ3) is 5.19. The lowest BCUT2D eigenvalue weighted by atomic mass is 9.49. The highest BCUT2D eigenvalue weighted by Crippen LogP contribution is 2.71. The number of aromatic nitrogens is 1. The van der Waals surface area contributed by atoms with E-state index in [1.807, 2.05) is 48.6 Å². The van der Waals surface area contributed by atoms with Crippen LogP contribution in [0, 0.1) is 22.7 Å². The van der Waals surface area contributed by atoms with Gasteiger partial charge in [-0.25, -0.2) is 0 Å². The fraction of sp³-hybridized carbons (Fsp3) is 0.605. The van der Waals surface area contributed by atoms with Crippen LogP contribution in [-0.4, -0.2) is 57.5 Å². The number of hydrogen-bond acceptors (Lipinski definition) is 5. The van der Waals surface area contributed by atoms with E-state index in [1.54, 1.807) is 12.4 Å². The Hall–Kier alpha value is -2.66. The van der Waals surface area contributed by atoms with Crippen molar-refractivity contribution in [3.63, 3.8) is 0 Å². The van der Waals surface area contributed by atoms with Gasteiger partial charge in [0.1, 0.15) is 5.60 Å². The van der Waals surface area contributed by atoms with Crippen LogP contribution in [-0.2, 0) is 9.47 Å². The molecule has 5 nitrogen and oxygen atoms in total. The molecule has 1 saturated heterocycles. The van der Waals surface area contributed by atoms with E-state index in [0.29, 0.717) is 38.9 Å². The molecule has 4 fully saturated rings. The summed E-state index contributed by atoms with van der Waals surface area (Å²) in [5, 5.41) is 24.0. The number of hydrogen-bond donors (Lipinski definition) is 2. The van der Waals surface area contributed by atoms with Crippen LogP contribution in [0.25, 0.3) is 12.2 Å². The van der Waals surface area contributed by atoms with Gasteiger partial charge < -0.3 is 19.7 Å². The molecule has 1 spiro atoms. The zero-order valence-corrected chi connectivity index (χ0v) is 27.6. The number of aliphatic hydroxyl groups is 2. The van der Waals surface area contributed by atoms with Gasteiger partial charge in [-0.05, 0) is 84.8 Å². The molecule has 0 amide bonds. The lowest BCUT2D eigenvalue weighted by molar-refractivity contribution is -0.362. The summed E-state index contributed by atoms with van der Waals surface area (Å²) in [6, 6.07) is 11.4. The monoisotopic (exact) mass is 673 g/mol. The predicted octanol–water partition coefficient (Wildman–Crippen LogP) is 8.48. The molecule has 5 aliphatic rings. The Morgan fingerprint density at radius 2 is 1.46 bits per heavy atom. The number of pyridine rings is 1. The molecule has 3 unspecified atom stereocenters. The fourth-order valence-corrected chi connectivity index (χ4v) is 9.81. The molecule has 10 heteroatoms. The van der Waals surface area contributed by atoms with E-state index in [-0.39, 0.29) is 30.6 Å². The molecule has 4 aliphatic carbocycles. The highest BCUT2D eigenvalue weighted by Gasteiger charge is 2.79. The van der Waals surface area contributed by atoms with Crippen molar-refractivity contribution >= 4 is 12.2 Å². The van der Waals surface area contributed by atoms with Gasteiger partial charge >= 0.3 is 12.1 Å². The van der Waals surface area contributed by atoms with Crippen molar-refractivity contribution in [2.24, 2.45) is 22.7 Å². The number of ether oxygens (including phenoxy) is 2. The molecule has 0 radical (unpaired) electrons. The van der Waals surface area contributed by atoms with Gasteiger partial charge in [0.15, 0.2) is 5.79 Å². The van der Waals surface area contributed by atoms with Gasteiger partial charge in [0.05, 0.1) is 18.8 Å². The van der Waals surface area contributed by atoms with Crippen LogP contribution in [0.4, 0.5) is 22.0 Å². The van der Waals surface area contributed by atoms with Gasteiger partial charge in [0.25, 0.3) is 0 Å². The summed E-state index contributed by atoms with van der Waals surface area (Å²) in [5.41, 5.74) is -1.99. The number of fused-ring (bicyclic) bond motifs is 4. The Balaban J connectivity index is 1.30. The van der Waals surface area contributed by atoms with Gasteiger partial charge in [0.2, 0.25) is 0 Å². The number of benzene rings is 1. The van der Waals surface area contributed by atoms with Gasteiger partial charge in [-0.15, -0.1) is 0 Å². The van der Waals surface area contributed by atoms with Crippen molar-refractivity contribution in [2.45, 2.75) is 107 Å². The van der Waals surface area contributed by atoms with E-state index in [2.05, 4.69) is 18.8 Å². The van der Waals surface area contributed by atoms with Crippen molar-refractivity contribution in [2.75, 3.05) is 13.2 Å². The molecular weight excluding hydrogens is 629 g/mol. The first-order chi connectivity index (χ1) is 22.4. The van der Waals surface area contributed by atoms with E-state index < -0.39 is 52.8 Å². The topological polar surface area (TPSA) is 71.8 Å². The average molecular weight is 674 g/mol. The Bertz CT molecular complexity index is 1590. The Kier molecular flexibility index (Phi) is 7.87. The van der Waals surface area contributed by atoms with Crippen LogP contribution in [0.15, 0.2) is 59.9 Å². The molecule has 2 heterocycles. The second-order valence-corrected chi connectivity index (χ2v) is 16.0. The third-order valence-electron chi connectivity index (χ3n) is 12.4. The van der Waals surface area contributed by atoms with Crippen molar-refractivity contribution in [1.82, 2.24) is 4.98 Å². The summed E-state index contributed by atoms with van der Waals surface area (Å²) in [5.74, 6) is -7.72. The van der Waals surface area contributed by atoms with Crippen LogP contribution in [0.3, 0.4) is 0 Å². The number of nitrogens with zero attached hydrogens (tertiary/aromatic N) is 1. The molecule has 2 aromatic rings. The molecule has 48 heavy (non-hydrogen) atoms. The molecule has 0 bridgehead atoms. The molecule has 3 saturated carbocycles. The maximum Gasteiger partial charge on any atom is 0.456 e. The summed E-state index contributed by atoms with van der Waals surface area (Å²) < 4.78 is 85.2. The van der Waals surface area contributed by atoms with E-state index in [1.165, 1.54) is 6.92 Å². The molecule has 7 rings (SSSR count). The summed E-state index contributed by atoms with van der Waals surface area (Å²) in [7, 11) is 0. The second kappa shape index (κ2) is 11.2. The average Bonchev–Trinajstić information content (AvgIpc) is 3.32. The molecule has 260 valence electrons. The van der Waals surface area contributed by atoms with Gasteiger partial charge in [-0.3, -0.25) is 4.98 Å². The minimum Gasteiger partial charge on any atom is -0.385 e. The van der Waals surface area contributed by atoms with Crippen molar-refractivity contribution < 1.29 is 41.6 Å². The lowest BCUT2D eigenvalue weighted by Crippen LogP contribution is -2.65. The smallest absolute Gasteiger partial charge is 0.385 e. The zero-order chi connectivity index (χ0) is 34.4. The maximum absolute atomic E-state index is 15.4. The standard InChI is InChI=1S/C38H44F5NO4/c1-32(2)22-47-35(48-23-32)16-11-30-31-27(10-15-34(30,45)21-35)29-12-17-36(46,37(39,40)38(41,42)43)33(29,3)20-28(31)26-8-6-24(7-9-26)4-5-25-13-18-44-19-14-25/h4-9,13-14,18-19,27-29,45-46H,10-12,15-17,20-23H2,1-3H3/t27?,28-,29?,33+,34?,36+/m1/s1. The SMILES string of the molecule is CC1(C)COC2(CCC3=C4C(CCC3(O)C2)C2CC[C@@](O)(C(F)(F)C(F)(F)F)[C@@]2(C)C[C@@H]4c2ccc(C=Cc3ccncc3)cc2)OC1. The van der Waals surface area contributed by atoms with Gasteiger partial charge in [-0.2, -0.15) is 22.0 Å². The summed E-state index contributed by atoms with van der Waals surface area (Å²) >= 11 is 0. The number of halogens is 5. The number of alkyl halides is 5. The highest BCUT2D eigenvalue weighted by molar-refractivity contribution is 5.69. The third-order valence-corrected chi connectivity index (χ3v) is 12.4. The van der Waals surface area contributed by atoms with Crippen molar-refractivity contribution in [3.8, 4) is 0 Å². The van der Waals surface area contributed by atoms with Gasteiger partial charge in [-0.1, -0.05) is 62.8 Å². The predicted molar refractivity (Wildman–Crippen MR) is 171 cm³/mol. The van der Waals surface area contributed by atoms with Gasteiger partial charge in [0, 0.05) is 42.0 Å². The first-order valence-corrected chi connectivity index (χ1v) is 17.0. The molecule has 6 atom stereocenters. The lowest BCUT2D eigenvalue weighted by Gasteiger charge is -2.59. The normalized spacial score (nSPS) is 36.2. The van der Waals surface area contributed by atoms with Crippen LogP contribution in [0.1, 0.15) is 94.7 Å². The van der Waals surface area contributed by atoms with Crippen molar-refractivity contribution in [1.29, 1.82) is 0 Å². The summed E-state index contributed by atoms with van der Waals surface area (Å²) in [4.78, 5) is 4.03. The van der Waals surface area contributed by atoms with Crippen LogP contribution in [0.2, 0.25) is 0 Å². The van der Waals surface area contributed by atoms with E-state index in [9.17, 15) is 23.4 Å². The highest BCUT2D eigenvalue weighted by atomic mass is 19.4. The second-order valence-electron chi connectivity index (χ2n) is 16.0. The zero-order valence-electron chi connectivity index (χ0n) is 27.6. The van der Waals surface area contributed by atoms with E-state index in [0.717, 1.165) is 27.8 Å². The van der Waals surface area contributed by atoms with Crippen LogP contribution in [0.5, 0.6) is 0 Å². The largest absolute Gasteiger partial charge is 0.456 e.